The third-order valence-electron chi connectivity index (χ3n) is 22.2. The number of unbranched alkanes of at least 4 members (excludes halogenated alkanes) is 1. The van der Waals surface area contributed by atoms with Crippen LogP contribution in [0.3, 0.4) is 0 Å². The molecule has 3 aromatic rings. The Morgan fingerprint density at radius 1 is 0.466 bits per heavy atom. The molecule has 0 saturated carbocycles. The summed E-state index contributed by atoms with van der Waals surface area (Å²) >= 11 is 0.807. The monoisotopic (exact) mass is 1860 g/mol. The molecule has 40 nitrogen and oxygen atoms in total. The lowest BCUT2D eigenvalue weighted by Crippen LogP contribution is -2.52. The molecule has 1 fully saturated rings. The molecule has 0 unspecified atom stereocenters. The quantitative estimate of drug-likeness (QED) is 0.0348. The van der Waals surface area contributed by atoms with Gasteiger partial charge in [-0.2, -0.15) is 0 Å². The third-order valence-corrected chi connectivity index (χ3v) is 23.0. The number of aliphatic carboxylic acids is 3. The van der Waals surface area contributed by atoms with Crippen molar-refractivity contribution in [2.75, 3.05) is 58.4 Å². The molecule has 0 bridgehead atoms. The number of ether oxygens (including phenoxy) is 1. The van der Waals surface area contributed by atoms with Crippen molar-refractivity contribution in [3.8, 4) is 11.5 Å². The highest BCUT2D eigenvalue weighted by molar-refractivity contribution is 8.14. The van der Waals surface area contributed by atoms with Crippen molar-refractivity contribution in [3.05, 3.63) is 95.6 Å². The molecule has 4 rings (SSSR count). The van der Waals surface area contributed by atoms with Crippen molar-refractivity contribution < 1.29 is 147 Å². The van der Waals surface area contributed by atoms with Crippen LogP contribution < -0.4 is 48.3 Å². The van der Waals surface area contributed by atoms with Crippen molar-refractivity contribution in [3.63, 3.8) is 0 Å². The van der Waals surface area contributed by atoms with E-state index in [-0.39, 0.29) is 67.5 Å². The largest absolute Gasteiger partial charge is 0.508 e. The average molecular weight is 1860 g/mol. The van der Waals surface area contributed by atoms with Gasteiger partial charge in [-0.1, -0.05) is 107 Å². The third kappa shape index (κ3) is 40.7. The van der Waals surface area contributed by atoms with Gasteiger partial charge in [0, 0.05) is 82.3 Å². The van der Waals surface area contributed by atoms with Crippen LogP contribution >= 0.6 is 11.8 Å². The van der Waals surface area contributed by atoms with Gasteiger partial charge in [-0.25, -0.2) is 0 Å². The van der Waals surface area contributed by atoms with Gasteiger partial charge in [0.25, 0.3) is 5.24 Å². The standard InChI is InChI=1S/C90H126N10O30S/c1-8-50(4)82(76(113)37-58(31-55-17-22-62(105)23-18-55)85(124)95-68(30-49(2)3)72(109)35-59(39-80(118)119)84(123)94-51(5)14-12-13-27-91)99-87(126)61(44-101)38-73(110)69(33-56-19-24-63(106)25-20-56)96-86(125)60(40-81(120)121)36-74(111)71(45-102)98-89(128)67(53(7)104)42-75(112)70(32-54-15-10-9-11-16-54)97-88(127)66(52(6)103)41-64(107)43-93-83(122)57(21-26-79(116)117)34-65(108)46-130-47-77(114)92-28-29-100-78(115)48-131-90(100)129/h9-11,15-20,22-25,49-53,57-61,66-71,82,101-106H,8,12-14,21,26-48,91H2,1-7H3,(H,92,114)(H,93,122)(H,94,123)(H,95,124)(H,96,125)(H,97,127)(H,98,128)(H,99,126)(H,116,117)(H,118,119)(H,120,121)/t50-,51+,52+,53+,57+,58+,59-,60-,61-,66-,67-,68-,69-,70-,71-,82-/m0/s1. The fourth-order valence-corrected chi connectivity index (χ4v) is 15.2. The van der Waals surface area contributed by atoms with Crippen LogP contribution in [0.15, 0.2) is 78.9 Å². The summed E-state index contributed by atoms with van der Waals surface area (Å²) in [5.74, 6) is -31.3. The summed E-state index contributed by atoms with van der Waals surface area (Å²) in [5, 5.41) is 113. The zero-order valence-corrected chi connectivity index (χ0v) is 75.5. The minimum atomic E-state index is -2.00. The molecule has 1 aliphatic rings. The first-order valence-corrected chi connectivity index (χ1v) is 44.5. The summed E-state index contributed by atoms with van der Waals surface area (Å²) in [6.07, 6.45) is -10.6. The number of phenols is 2. The predicted octanol–water partition coefficient (Wildman–Crippen LogP) is 0.808. The van der Waals surface area contributed by atoms with Crippen molar-refractivity contribution in [2.24, 2.45) is 59.0 Å². The fraction of sp³-hybridized carbons (Fsp3) is 0.578. The van der Waals surface area contributed by atoms with Crippen molar-refractivity contribution >= 4 is 129 Å². The number of aromatic hydroxyl groups is 2. The number of aliphatic hydroxyl groups excluding tert-OH is 4. The average Bonchev–Trinajstić information content (AvgIpc) is 1.01. The molecule has 0 aromatic heterocycles. The highest BCUT2D eigenvalue weighted by Crippen LogP contribution is 2.27. The van der Waals surface area contributed by atoms with Crippen LogP contribution in [0, 0.1) is 53.3 Å². The van der Waals surface area contributed by atoms with Gasteiger partial charge < -0.3 is 99.0 Å². The second-order valence-electron chi connectivity index (χ2n) is 33.5. The van der Waals surface area contributed by atoms with Gasteiger partial charge in [0.15, 0.2) is 40.5 Å². The highest BCUT2D eigenvalue weighted by Gasteiger charge is 2.41. The lowest BCUT2D eigenvalue weighted by molar-refractivity contribution is -0.143. The van der Waals surface area contributed by atoms with Gasteiger partial charge in [0.2, 0.25) is 53.2 Å². The van der Waals surface area contributed by atoms with Gasteiger partial charge in [-0.05, 0) is 125 Å². The van der Waals surface area contributed by atoms with Gasteiger partial charge in [-0.15, -0.1) is 0 Å². The van der Waals surface area contributed by atoms with E-state index in [1.807, 2.05) is 0 Å². The summed E-state index contributed by atoms with van der Waals surface area (Å²) in [6, 6.07) is 10.3. The summed E-state index contributed by atoms with van der Waals surface area (Å²) in [4.78, 5) is 271. The number of benzene rings is 3. The van der Waals surface area contributed by atoms with E-state index in [1.54, 1.807) is 65.0 Å². The number of nitrogens with one attached hydrogen (secondary N) is 8. The number of rotatable bonds is 66. The van der Waals surface area contributed by atoms with Crippen LogP contribution in [-0.4, -0.2) is 274 Å². The molecule has 41 heteroatoms. The molecule has 131 heavy (non-hydrogen) atoms. The number of hydrogen-bond acceptors (Lipinski definition) is 29. The second-order valence-corrected chi connectivity index (χ2v) is 34.5. The van der Waals surface area contributed by atoms with Gasteiger partial charge >= 0.3 is 17.9 Å². The molecule has 3 aromatic carbocycles. The van der Waals surface area contributed by atoms with Gasteiger partial charge in [0.05, 0.1) is 104 Å². The number of hydrogen-bond donors (Lipinski definition) is 18. The van der Waals surface area contributed by atoms with E-state index in [1.165, 1.54) is 48.5 Å². The van der Waals surface area contributed by atoms with E-state index < -0.39 is 323 Å². The summed E-state index contributed by atoms with van der Waals surface area (Å²) in [5.41, 5.74) is 6.75. The normalized spacial score (nSPS) is 15.7. The molecule has 0 aliphatic carbocycles. The fourth-order valence-electron chi connectivity index (χ4n) is 14.4. The maximum Gasteiger partial charge on any atom is 0.304 e. The zero-order valence-electron chi connectivity index (χ0n) is 74.7. The number of phenolic OH excluding ortho intramolecular Hbond substituents is 2. The molecule has 1 aliphatic heterocycles. The molecule has 0 radical (unpaired) electrons. The Bertz CT molecular complexity index is 4400. The number of amides is 10. The number of Topliss-reactive ketones (excluding diaryl/α,β-unsaturated/α-hetero) is 7. The molecule has 722 valence electrons. The minimum Gasteiger partial charge on any atom is -0.508 e. The number of carboxylic acids is 3. The molecule has 16 atom stereocenters. The number of aliphatic hydroxyl groups is 4. The first-order valence-electron chi connectivity index (χ1n) is 43.5. The van der Waals surface area contributed by atoms with Crippen LogP contribution in [0.4, 0.5) is 4.79 Å². The molecule has 1 saturated heterocycles. The van der Waals surface area contributed by atoms with Crippen LogP contribution in [0.25, 0.3) is 0 Å². The molecule has 10 amide bonds. The number of ketones is 7. The molecule has 1 heterocycles. The Morgan fingerprint density at radius 2 is 0.947 bits per heavy atom. The van der Waals surface area contributed by atoms with E-state index in [4.69, 9.17) is 10.5 Å². The zero-order chi connectivity index (χ0) is 97.9. The Morgan fingerprint density at radius 3 is 1.46 bits per heavy atom. The number of carbonyl (C=O) groups is 20. The molecular formula is C90H126N10O30S. The molecule has 0 spiro atoms. The molecular weight excluding hydrogens is 1730 g/mol. The van der Waals surface area contributed by atoms with Crippen LogP contribution in [0.5, 0.6) is 11.5 Å². The summed E-state index contributed by atoms with van der Waals surface area (Å²) < 4.78 is 5.16. The predicted molar refractivity (Wildman–Crippen MR) is 470 cm³/mol. The number of imide groups is 1. The SMILES string of the molecule is CC[C@H](C)[C@H](NC(=O)[C@H](CO)CC(=O)[C@H](Cc1ccc(O)cc1)NC(=O)[C@H](CC(=O)O)CC(=O)[C@H](CO)NC(=O)[C@@H](CC(=O)[C@H](Cc1ccccc1)NC(=O)[C@@H](CC(=O)CNC(=O)[C@H](CCC(=O)O)CC(=O)COCC(=O)NCCN1C(=O)CSC1=O)[C@@H](C)O)[C@@H](C)O)C(=O)C[C@@H](Cc1ccc(O)cc1)C(=O)N[C@@H](CC(C)C)C(=O)C[C@@H](CC(=O)O)C(=O)N[C@H](C)CCCCN. The number of carboxylic acid groups (broad SMARTS) is 3. The van der Waals surface area contributed by atoms with E-state index in [0.717, 1.165) is 30.5 Å². The number of carbonyl (C=O) groups excluding carboxylic acids is 17. The van der Waals surface area contributed by atoms with Crippen LogP contribution in [0.1, 0.15) is 168 Å². The Balaban J connectivity index is 1.53. The number of nitrogens with two attached hydrogens (primary N) is 1. The Hall–Kier alpha value is -11.6. The topological polar surface area (TPSA) is 658 Å². The van der Waals surface area contributed by atoms with E-state index in [9.17, 15) is 142 Å². The summed E-state index contributed by atoms with van der Waals surface area (Å²) in [7, 11) is 0. The highest BCUT2D eigenvalue weighted by atomic mass is 32.2. The second kappa shape index (κ2) is 57.5. The Kier molecular flexibility index (Phi) is 49.0. The lowest BCUT2D eigenvalue weighted by atomic mass is 9.85. The Labute approximate surface area is 762 Å². The van der Waals surface area contributed by atoms with Crippen molar-refractivity contribution in [1.29, 1.82) is 0 Å². The van der Waals surface area contributed by atoms with Crippen LogP contribution in [0.2, 0.25) is 0 Å². The lowest BCUT2D eigenvalue weighted by Gasteiger charge is -2.28. The van der Waals surface area contributed by atoms with Crippen molar-refractivity contribution in [1.82, 2.24) is 47.4 Å². The van der Waals surface area contributed by atoms with E-state index in [0.29, 0.717) is 36.9 Å². The van der Waals surface area contributed by atoms with Gasteiger partial charge in [0.1, 0.15) is 30.8 Å². The smallest absolute Gasteiger partial charge is 0.304 e. The van der Waals surface area contributed by atoms with E-state index in [2.05, 4.69) is 42.5 Å². The van der Waals surface area contributed by atoms with Crippen molar-refractivity contribution in [2.45, 2.75) is 219 Å². The maximum absolute atomic E-state index is 14.8. The molecule has 19 N–H and O–H groups in total. The van der Waals surface area contributed by atoms with Crippen LogP contribution in [-0.2, 0) is 115 Å². The summed E-state index contributed by atoms with van der Waals surface area (Å²) in [6.45, 7) is 6.47. The first-order chi connectivity index (χ1) is 61.9. The first kappa shape index (κ1) is 112. The minimum absolute atomic E-state index is 0.0217. The maximum atomic E-state index is 14.8. The number of thioether (sulfide) groups is 1. The number of nitrogens with zero attached hydrogens (tertiary/aromatic N) is 1. The van der Waals surface area contributed by atoms with E-state index >= 15 is 0 Å². The van der Waals surface area contributed by atoms with Gasteiger partial charge in [-0.3, -0.25) is 101 Å².